The molecule has 1 saturated heterocycles. The Bertz CT molecular complexity index is 482. The summed E-state index contributed by atoms with van der Waals surface area (Å²) in [7, 11) is 3.44. The standard InChI is InChI=1S/C14H18N2O2/c1-10-7-8-13(17)16(10)12-6-4-5-11(9-12)14(18)15(2)3/h4-6,9-10H,7-8H2,1-3H3. The molecule has 96 valence electrons. The van der Waals surface area contributed by atoms with Gasteiger partial charge in [-0.2, -0.15) is 0 Å². The Morgan fingerprint density at radius 1 is 1.39 bits per heavy atom. The van der Waals surface area contributed by atoms with Crippen molar-refractivity contribution in [3.05, 3.63) is 29.8 Å². The van der Waals surface area contributed by atoms with Crippen molar-refractivity contribution < 1.29 is 9.59 Å². The lowest BCUT2D eigenvalue weighted by Gasteiger charge is -2.22. The number of anilines is 1. The maximum Gasteiger partial charge on any atom is 0.253 e. The summed E-state index contributed by atoms with van der Waals surface area (Å²) in [5, 5.41) is 0. The van der Waals surface area contributed by atoms with Crippen LogP contribution in [-0.4, -0.2) is 36.9 Å². The van der Waals surface area contributed by atoms with E-state index in [1.807, 2.05) is 19.1 Å². The summed E-state index contributed by atoms with van der Waals surface area (Å²) in [6, 6.07) is 7.48. The maximum absolute atomic E-state index is 11.9. The Kier molecular flexibility index (Phi) is 3.36. The zero-order valence-corrected chi connectivity index (χ0v) is 11.0. The zero-order chi connectivity index (χ0) is 13.3. The zero-order valence-electron chi connectivity index (χ0n) is 11.0. The van der Waals surface area contributed by atoms with Crippen LogP contribution in [0, 0.1) is 0 Å². The van der Waals surface area contributed by atoms with Gasteiger partial charge in [0.15, 0.2) is 0 Å². The molecule has 1 aliphatic heterocycles. The van der Waals surface area contributed by atoms with Crippen molar-refractivity contribution in [2.45, 2.75) is 25.8 Å². The number of nitrogens with zero attached hydrogens (tertiary/aromatic N) is 2. The highest BCUT2D eigenvalue weighted by Crippen LogP contribution is 2.27. The minimum absolute atomic E-state index is 0.0452. The smallest absolute Gasteiger partial charge is 0.253 e. The largest absolute Gasteiger partial charge is 0.345 e. The average molecular weight is 246 g/mol. The predicted molar refractivity (Wildman–Crippen MR) is 70.6 cm³/mol. The Hall–Kier alpha value is -1.84. The number of hydrogen-bond acceptors (Lipinski definition) is 2. The van der Waals surface area contributed by atoms with Crippen LogP contribution in [0.1, 0.15) is 30.1 Å². The fourth-order valence-electron chi connectivity index (χ4n) is 2.27. The van der Waals surface area contributed by atoms with Crippen LogP contribution in [0.3, 0.4) is 0 Å². The molecule has 0 saturated carbocycles. The first-order chi connectivity index (χ1) is 8.50. The Morgan fingerprint density at radius 3 is 2.67 bits per heavy atom. The monoisotopic (exact) mass is 246 g/mol. The number of hydrogen-bond donors (Lipinski definition) is 0. The fourth-order valence-corrected chi connectivity index (χ4v) is 2.27. The molecule has 2 rings (SSSR count). The molecular formula is C14H18N2O2. The van der Waals surface area contributed by atoms with Gasteiger partial charge in [0.25, 0.3) is 5.91 Å². The molecule has 1 aromatic rings. The average Bonchev–Trinajstić information content (AvgIpc) is 2.68. The van der Waals surface area contributed by atoms with Crippen LogP contribution in [0.5, 0.6) is 0 Å². The van der Waals surface area contributed by atoms with E-state index < -0.39 is 0 Å². The normalized spacial score (nSPS) is 19.2. The van der Waals surface area contributed by atoms with Crippen molar-refractivity contribution in [2.75, 3.05) is 19.0 Å². The van der Waals surface area contributed by atoms with Crippen LogP contribution < -0.4 is 4.90 Å². The van der Waals surface area contributed by atoms with Crippen LogP contribution in [0.4, 0.5) is 5.69 Å². The van der Waals surface area contributed by atoms with E-state index >= 15 is 0 Å². The van der Waals surface area contributed by atoms with Gasteiger partial charge in [-0.3, -0.25) is 9.59 Å². The highest BCUT2D eigenvalue weighted by Gasteiger charge is 2.29. The highest BCUT2D eigenvalue weighted by molar-refractivity contribution is 5.99. The summed E-state index contributed by atoms with van der Waals surface area (Å²) >= 11 is 0. The number of carbonyl (C=O) groups is 2. The van der Waals surface area contributed by atoms with Gasteiger partial charge < -0.3 is 9.80 Å². The second kappa shape index (κ2) is 4.80. The summed E-state index contributed by atoms with van der Waals surface area (Å²) in [6.45, 7) is 2.03. The van der Waals surface area contributed by atoms with E-state index in [0.717, 1.165) is 12.1 Å². The lowest BCUT2D eigenvalue weighted by atomic mass is 10.1. The molecule has 1 heterocycles. The third kappa shape index (κ3) is 2.23. The maximum atomic E-state index is 11.9. The number of carbonyl (C=O) groups excluding carboxylic acids is 2. The number of amides is 2. The van der Waals surface area contributed by atoms with Crippen LogP contribution in [0.15, 0.2) is 24.3 Å². The first-order valence-corrected chi connectivity index (χ1v) is 6.14. The summed E-state index contributed by atoms with van der Waals surface area (Å²) in [4.78, 5) is 27.0. The SMILES string of the molecule is CC1CCC(=O)N1c1cccc(C(=O)N(C)C)c1. The molecule has 0 radical (unpaired) electrons. The third-order valence-electron chi connectivity index (χ3n) is 3.26. The molecule has 1 atom stereocenters. The van der Waals surface area contributed by atoms with Gasteiger partial charge in [-0.15, -0.1) is 0 Å². The van der Waals surface area contributed by atoms with E-state index in [1.165, 1.54) is 4.90 Å². The molecule has 0 bridgehead atoms. The van der Waals surface area contributed by atoms with Crippen LogP contribution in [0.2, 0.25) is 0 Å². The molecule has 4 nitrogen and oxygen atoms in total. The minimum atomic E-state index is -0.0452. The van der Waals surface area contributed by atoms with Gasteiger partial charge in [0, 0.05) is 37.8 Å². The molecule has 1 aromatic carbocycles. The van der Waals surface area contributed by atoms with Crippen molar-refractivity contribution >= 4 is 17.5 Å². The molecule has 0 aromatic heterocycles. The summed E-state index contributed by atoms with van der Waals surface area (Å²) in [5.41, 5.74) is 1.43. The molecule has 1 fully saturated rings. The molecule has 2 amide bonds. The topological polar surface area (TPSA) is 40.6 Å². The summed E-state index contributed by atoms with van der Waals surface area (Å²) in [5.74, 6) is 0.0908. The van der Waals surface area contributed by atoms with Gasteiger partial charge in [-0.05, 0) is 31.5 Å². The lowest BCUT2D eigenvalue weighted by Crippen LogP contribution is -2.31. The van der Waals surface area contributed by atoms with E-state index in [9.17, 15) is 9.59 Å². The molecule has 0 aliphatic carbocycles. The van der Waals surface area contributed by atoms with Crippen molar-refractivity contribution in [1.29, 1.82) is 0 Å². The van der Waals surface area contributed by atoms with Gasteiger partial charge in [0.1, 0.15) is 0 Å². The minimum Gasteiger partial charge on any atom is -0.345 e. The van der Waals surface area contributed by atoms with Crippen molar-refractivity contribution in [1.82, 2.24) is 4.90 Å². The number of rotatable bonds is 2. The molecule has 18 heavy (non-hydrogen) atoms. The Morgan fingerprint density at radius 2 is 2.11 bits per heavy atom. The fraction of sp³-hybridized carbons (Fsp3) is 0.429. The summed E-state index contributed by atoms with van der Waals surface area (Å²) < 4.78 is 0. The molecule has 0 N–H and O–H groups in total. The van der Waals surface area contributed by atoms with Crippen LogP contribution in [-0.2, 0) is 4.79 Å². The van der Waals surface area contributed by atoms with Crippen molar-refractivity contribution in [3.63, 3.8) is 0 Å². The second-order valence-electron chi connectivity index (χ2n) is 4.90. The molecular weight excluding hydrogens is 228 g/mol. The van der Waals surface area contributed by atoms with Crippen LogP contribution in [0.25, 0.3) is 0 Å². The predicted octanol–water partition coefficient (Wildman–Crippen LogP) is 1.90. The van der Waals surface area contributed by atoms with Gasteiger partial charge in [-0.1, -0.05) is 6.07 Å². The van der Waals surface area contributed by atoms with E-state index in [-0.39, 0.29) is 17.9 Å². The van der Waals surface area contributed by atoms with Crippen molar-refractivity contribution in [2.24, 2.45) is 0 Å². The third-order valence-corrected chi connectivity index (χ3v) is 3.26. The van der Waals surface area contributed by atoms with E-state index in [1.54, 1.807) is 31.1 Å². The molecule has 0 spiro atoms. The summed E-state index contributed by atoms with van der Waals surface area (Å²) in [6.07, 6.45) is 1.47. The van der Waals surface area contributed by atoms with E-state index in [2.05, 4.69) is 0 Å². The lowest BCUT2D eigenvalue weighted by molar-refractivity contribution is -0.117. The van der Waals surface area contributed by atoms with Crippen LogP contribution >= 0.6 is 0 Å². The highest BCUT2D eigenvalue weighted by atomic mass is 16.2. The molecule has 4 heteroatoms. The number of benzene rings is 1. The Labute approximate surface area is 107 Å². The van der Waals surface area contributed by atoms with E-state index in [4.69, 9.17) is 0 Å². The van der Waals surface area contributed by atoms with Gasteiger partial charge in [-0.25, -0.2) is 0 Å². The quantitative estimate of drug-likeness (QED) is 0.799. The van der Waals surface area contributed by atoms with Gasteiger partial charge >= 0.3 is 0 Å². The Balaban J connectivity index is 2.33. The first kappa shape index (κ1) is 12.6. The molecule has 1 aliphatic rings. The van der Waals surface area contributed by atoms with E-state index in [0.29, 0.717) is 12.0 Å². The van der Waals surface area contributed by atoms with Gasteiger partial charge in [0.05, 0.1) is 0 Å². The second-order valence-corrected chi connectivity index (χ2v) is 4.90. The van der Waals surface area contributed by atoms with Crippen molar-refractivity contribution in [3.8, 4) is 0 Å². The first-order valence-electron chi connectivity index (χ1n) is 6.14. The van der Waals surface area contributed by atoms with Gasteiger partial charge in [0.2, 0.25) is 5.91 Å². The molecule has 1 unspecified atom stereocenters.